The van der Waals surface area contributed by atoms with Crippen molar-refractivity contribution in [1.82, 2.24) is 40.0 Å². The van der Waals surface area contributed by atoms with Gasteiger partial charge in [-0.15, -0.1) is 0 Å². The van der Waals surface area contributed by atoms with Gasteiger partial charge in [0.25, 0.3) is 18.2 Å². The molecule has 1 saturated heterocycles. The number of carbonyl (C=O) groups is 6. The van der Waals surface area contributed by atoms with Gasteiger partial charge in [0.1, 0.15) is 6.04 Å². The molecule has 8 rings (SSSR count). The fraction of sp³-hybridized carbons (Fsp3) is 0.400. The quantitative estimate of drug-likeness (QED) is 0.151. The molecule has 58 heavy (non-hydrogen) atoms. The predicted molar refractivity (Wildman–Crippen MR) is 205 cm³/mol. The van der Waals surface area contributed by atoms with Crippen LogP contribution in [0.3, 0.4) is 0 Å². The zero-order valence-electron chi connectivity index (χ0n) is 32.0. The molecule has 18 heteroatoms. The molecule has 0 bridgehead atoms. The molecule has 2 aromatic carbocycles. The average molecular weight is 797 g/mol. The Balaban J connectivity index is 0.948. The Labute approximate surface area is 331 Å². The van der Waals surface area contributed by atoms with Gasteiger partial charge in [-0.3, -0.25) is 48.3 Å². The second-order valence-electron chi connectivity index (χ2n) is 14.9. The van der Waals surface area contributed by atoms with E-state index >= 15 is 0 Å². The molecule has 4 aromatic rings. The van der Waals surface area contributed by atoms with Crippen LogP contribution in [0.2, 0.25) is 0 Å². The van der Waals surface area contributed by atoms with Crippen molar-refractivity contribution in [2.45, 2.75) is 71.0 Å². The van der Waals surface area contributed by atoms with Gasteiger partial charge in [-0.2, -0.15) is 10.2 Å². The molecule has 6 heterocycles. The van der Waals surface area contributed by atoms with Gasteiger partial charge in [-0.1, -0.05) is 6.07 Å². The molecule has 6 amide bonds. The van der Waals surface area contributed by atoms with Crippen LogP contribution in [0.1, 0.15) is 82.1 Å². The summed E-state index contributed by atoms with van der Waals surface area (Å²) < 4.78 is 32.7. The van der Waals surface area contributed by atoms with Crippen LogP contribution in [0.4, 0.5) is 26.0 Å². The molecular formula is C40H42F2N10O6. The third-order valence-electron chi connectivity index (χ3n) is 11.2. The SMILES string of the molecule is CC(=O)N1CCc2c(c(N3CCCc4cc(-c5cnn(C)c5)c(C(F)F)cc43)nn2CCCNC(=O)CNc2cccc3c2C(=O)N(C2CCC(=O)NC2=O)C3=O)C1. The Morgan fingerprint density at radius 2 is 1.86 bits per heavy atom. The van der Waals surface area contributed by atoms with Crippen molar-refractivity contribution in [2.24, 2.45) is 7.05 Å². The first kappa shape index (κ1) is 38.4. The molecule has 0 saturated carbocycles. The lowest BCUT2D eigenvalue weighted by molar-refractivity contribution is -0.136. The molecule has 302 valence electrons. The standard InChI is InChI=1S/C40H42F2N10O6/c1-22(53)49-15-11-30-28(21-49)37(50-13-4-6-23-16-26(24-18-45-48(2)20-24)27(36(41)42)17-32(23)50)47-51(30)14-5-12-43-34(55)19-44-29-8-3-7-25-35(29)40(58)52(39(25)57)31-9-10-33(54)46-38(31)56/h3,7-8,16-18,20,31,36,44H,4-6,9-15,19,21H2,1-2H3,(H,43,55)(H,46,54,56). The maximum Gasteiger partial charge on any atom is 0.264 e. The van der Waals surface area contributed by atoms with Crippen LogP contribution in [-0.4, -0.2) is 97.0 Å². The molecular weight excluding hydrogens is 754 g/mol. The number of anilines is 3. The lowest BCUT2D eigenvalue weighted by Crippen LogP contribution is -2.54. The van der Waals surface area contributed by atoms with Gasteiger partial charge in [-0.05, 0) is 61.1 Å². The summed E-state index contributed by atoms with van der Waals surface area (Å²) in [6.07, 6.45) is 3.18. The molecule has 2 aromatic heterocycles. The van der Waals surface area contributed by atoms with Crippen molar-refractivity contribution in [3.05, 3.63) is 76.2 Å². The van der Waals surface area contributed by atoms with Crippen molar-refractivity contribution in [2.75, 3.05) is 36.4 Å². The summed E-state index contributed by atoms with van der Waals surface area (Å²) in [6.45, 7) is 3.47. The topological polar surface area (TPSA) is 184 Å². The highest BCUT2D eigenvalue weighted by atomic mass is 19.3. The van der Waals surface area contributed by atoms with Crippen molar-refractivity contribution >= 4 is 52.6 Å². The first-order valence-corrected chi connectivity index (χ1v) is 19.3. The number of rotatable bonds is 11. The number of carbonyl (C=O) groups excluding carboxylic acids is 6. The van der Waals surface area contributed by atoms with Crippen LogP contribution in [0.5, 0.6) is 0 Å². The molecule has 16 nitrogen and oxygen atoms in total. The van der Waals surface area contributed by atoms with Crippen LogP contribution in [0.15, 0.2) is 42.7 Å². The number of amides is 6. The lowest BCUT2D eigenvalue weighted by Gasteiger charge is -2.33. The summed E-state index contributed by atoms with van der Waals surface area (Å²) >= 11 is 0. The number of imide groups is 2. The largest absolute Gasteiger partial charge is 0.375 e. The maximum absolute atomic E-state index is 14.6. The van der Waals surface area contributed by atoms with E-state index in [4.69, 9.17) is 5.10 Å². The van der Waals surface area contributed by atoms with E-state index in [2.05, 4.69) is 21.0 Å². The van der Waals surface area contributed by atoms with Crippen molar-refractivity contribution in [3.8, 4) is 11.1 Å². The van der Waals surface area contributed by atoms with Crippen LogP contribution in [0, 0.1) is 0 Å². The number of aromatic nitrogens is 4. The van der Waals surface area contributed by atoms with Crippen LogP contribution in [-0.2, 0) is 52.2 Å². The van der Waals surface area contributed by atoms with E-state index in [1.807, 2.05) is 15.6 Å². The number of fused-ring (bicyclic) bond motifs is 3. The first-order chi connectivity index (χ1) is 27.9. The summed E-state index contributed by atoms with van der Waals surface area (Å²) in [5, 5.41) is 17.2. The van der Waals surface area contributed by atoms with Gasteiger partial charge >= 0.3 is 0 Å². The Kier molecular flexibility index (Phi) is 10.2. The number of halogens is 2. The van der Waals surface area contributed by atoms with Crippen molar-refractivity contribution < 1.29 is 37.5 Å². The highest BCUT2D eigenvalue weighted by Gasteiger charge is 2.45. The first-order valence-electron chi connectivity index (χ1n) is 19.3. The van der Waals surface area contributed by atoms with Gasteiger partial charge in [0.05, 0.1) is 30.4 Å². The van der Waals surface area contributed by atoms with Gasteiger partial charge in [0, 0.05) is 92.9 Å². The minimum atomic E-state index is -2.72. The highest BCUT2D eigenvalue weighted by molar-refractivity contribution is 6.25. The van der Waals surface area contributed by atoms with Crippen LogP contribution in [0.25, 0.3) is 11.1 Å². The summed E-state index contributed by atoms with van der Waals surface area (Å²) in [5.74, 6) is -2.29. The summed E-state index contributed by atoms with van der Waals surface area (Å²) in [5.41, 5.74) is 4.83. The molecule has 4 aliphatic rings. The Morgan fingerprint density at radius 3 is 2.60 bits per heavy atom. The number of nitrogens with one attached hydrogen (secondary N) is 3. The third kappa shape index (κ3) is 7.06. The fourth-order valence-electron chi connectivity index (χ4n) is 8.36. The lowest BCUT2D eigenvalue weighted by atomic mass is 9.92. The number of nitrogens with zero attached hydrogens (tertiary/aromatic N) is 7. The van der Waals surface area contributed by atoms with E-state index in [1.54, 1.807) is 47.2 Å². The molecule has 0 spiro atoms. The number of aryl methyl sites for hydroxylation is 3. The maximum atomic E-state index is 14.6. The zero-order chi connectivity index (χ0) is 40.8. The van der Waals surface area contributed by atoms with E-state index in [0.29, 0.717) is 74.6 Å². The minimum Gasteiger partial charge on any atom is -0.375 e. The average Bonchev–Trinajstić information content (AvgIpc) is 3.88. The third-order valence-corrected chi connectivity index (χ3v) is 11.2. The number of hydrogen-bond donors (Lipinski definition) is 3. The number of hydrogen-bond acceptors (Lipinski definition) is 10. The number of benzene rings is 2. The summed E-state index contributed by atoms with van der Waals surface area (Å²) in [4.78, 5) is 80.8. The van der Waals surface area contributed by atoms with Crippen LogP contribution < -0.4 is 20.9 Å². The zero-order valence-corrected chi connectivity index (χ0v) is 32.0. The summed E-state index contributed by atoms with van der Waals surface area (Å²) in [6, 6.07) is 6.92. The summed E-state index contributed by atoms with van der Waals surface area (Å²) in [7, 11) is 1.74. The molecule has 4 aliphatic heterocycles. The van der Waals surface area contributed by atoms with Crippen LogP contribution >= 0.6 is 0 Å². The minimum absolute atomic E-state index is 0.00353. The second kappa shape index (κ2) is 15.5. The normalized spacial score (nSPS) is 17.7. The number of alkyl halides is 2. The van der Waals surface area contributed by atoms with Gasteiger partial charge < -0.3 is 20.4 Å². The molecule has 0 radical (unpaired) electrons. The highest BCUT2D eigenvalue weighted by Crippen LogP contribution is 2.43. The Hall–Kier alpha value is -6.46. The van der Waals surface area contributed by atoms with Crippen molar-refractivity contribution in [3.63, 3.8) is 0 Å². The molecule has 3 N–H and O–H groups in total. The van der Waals surface area contributed by atoms with E-state index in [9.17, 15) is 37.5 Å². The van der Waals surface area contributed by atoms with E-state index < -0.39 is 36.1 Å². The molecule has 0 aliphatic carbocycles. The van der Waals surface area contributed by atoms with E-state index in [0.717, 1.165) is 28.1 Å². The van der Waals surface area contributed by atoms with E-state index in [-0.39, 0.29) is 53.6 Å². The predicted octanol–water partition coefficient (Wildman–Crippen LogP) is 3.23. The second-order valence-corrected chi connectivity index (χ2v) is 14.9. The van der Waals surface area contributed by atoms with Gasteiger partial charge in [0.2, 0.25) is 23.6 Å². The molecule has 1 atom stereocenters. The fourth-order valence-corrected chi connectivity index (χ4v) is 8.36. The van der Waals surface area contributed by atoms with E-state index in [1.165, 1.54) is 13.0 Å². The molecule has 1 fully saturated rings. The Bertz CT molecular complexity index is 2370. The van der Waals surface area contributed by atoms with Gasteiger partial charge in [-0.25, -0.2) is 8.78 Å². The van der Waals surface area contributed by atoms with Crippen molar-refractivity contribution in [1.29, 1.82) is 0 Å². The Morgan fingerprint density at radius 1 is 1.03 bits per heavy atom. The molecule has 1 unspecified atom stereocenters. The number of piperidine rings is 1. The smallest absolute Gasteiger partial charge is 0.264 e. The van der Waals surface area contributed by atoms with Gasteiger partial charge in [0.15, 0.2) is 5.82 Å². The monoisotopic (exact) mass is 796 g/mol.